The van der Waals surface area contributed by atoms with Gasteiger partial charge >= 0.3 is 12.2 Å². The molecule has 1 aliphatic carbocycles. The Hall–Kier alpha value is -1.87. The Morgan fingerprint density at radius 1 is 1.33 bits per heavy atom. The van der Waals surface area contributed by atoms with E-state index in [0.29, 0.717) is 0 Å². The van der Waals surface area contributed by atoms with Crippen LogP contribution in [0.3, 0.4) is 0 Å². The summed E-state index contributed by atoms with van der Waals surface area (Å²) in [6.07, 6.45) is -1.93. The van der Waals surface area contributed by atoms with Gasteiger partial charge in [0.1, 0.15) is 0 Å². The van der Waals surface area contributed by atoms with E-state index in [-0.39, 0.29) is 22.2 Å². The van der Waals surface area contributed by atoms with Gasteiger partial charge in [-0.05, 0) is 31.0 Å². The van der Waals surface area contributed by atoms with Crippen LogP contribution >= 0.6 is 11.6 Å². The number of halogens is 4. The number of rotatable bonds is 0. The van der Waals surface area contributed by atoms with E-state index >= 15 is 0 Å². The molecule has 0 radical (unpaired) electrons. The second-order valence-corrected chi connectivity index (χ2v) is 6.20. The Bertz CT molecular complexity index is 689. The number of anilines is 1. The molecule has 0 saturated heterocycles. The molecular formula is C17H18ClF3N2O. The second kappa shape index (κ2) is 6.94. The van der Waals surface area contributed by atoms with Gasteiger partial charge in [0, 0.05) is 22.2 Å². The molecule has 0 spiro atoms. The lowest BCUT2D eigenvalue weighted by Crippen LogP contribution is -2.59. The zero-order chi connectivity index (χ0) is 18.0. The fraction of sp³-hybridized carbons (Fsp3) is 0.471. The Labute approximate surface area is 144 Å². The number of benzene rings is 1. The maximum Gasteiger partial charge on any atom is 0.427 e. The number of alkyl halides is 3. The lowest BCUT2D eigenvalue weighted by molar-refractivity contribution is -0.178. The highest BCUT2D eigenvalue weighted by atomic mass is 35.5. The van der Waals surface area contributed by atoms with Gasteiger partial charge < -0.3 is 10.6 Å². The molecular weight excluding hydrogens is 341 g/mol. The van der Waals surface area contributed by atoms with E-state index in [1.807, 2.05) is 5.32 Å². The van der Waals surface area contributed by atoms with Crippen LogP contribution in [-0.2, 0) is 5.54 Å². The number of carbonyl (C=O) groups excluding carboxylic acids is 1. The monoisotopic (exact) mass is 358 g/mol. The molecule has 24 heavy (non-hydrogen) atoms. The van der Waals surface area contributed by atoms with Gasteiger partial charge in [0.2, 0.25) is 5.54 Å². The highest BCUT2D eigenvalue weighted by Crippen LogP contribution is 2.45. The standard InChI is InChI=1S/C14H10ClF3N2O.C3H8/c15-9-3-4-11-10(7-9)13(14(16,17)18,20-12(21)19-11)6-5-8-1-2-8;1-3-2/h3-4,7-8H,1-2H2,(H2,19,20,21);3H2,1-2H3/t13-;/m0./s1. The highest BCUT2D eigenvalue weighted by molar-refractivity contribution is 6.30. The molecule has 1 saturated carbocycles. The van der Waals surface area contributed by atoms with Gasteiger partial charge in [-0.15, -0.1) is 0 Å². The number of hydrogen-bond donors (Lipinski definition) is 2. The van der Waals surface area contributed by atoms with Gasteiger partial charge in [0.25, 0.3) is 0 Å². The molecule has 0 unspecified atom stereocenters. The average molecular weight is 359 g/mol. The van der Waals surface area contributed by atoms with Crippen LogP contribution < -0.4 is 10.6 Å². The smallest absolute Gasteiger partial charge is 0.310 e. The van der Waals surface area contributed by atoms with Crippen molar-refractivity contribution in [3.63, 3.8) is 0 Å². The van der Waals surface area contributed by atoms with Crippen LogP contribution in [0.2, 0.25) is 5.02 Å². The molecule has 7 heteroatoms. The van der Waals surface area contributed by atoms with Crippen molar-refractivity contribution in [1.29, 1.82) is 0 Å². The second-order valence-electron chi connectivity index (χ2n) is 5.77. The molecule has 1 aliphatic heterocycles. The van der Waals surface area contributed by atoms with Crippen LogP contribution in [0.5, 0.6) is 0 Å². The molecule has 1 fully saturated rings. The highest BCUT2D eigenvalue weighted by Gasteiger charge is 2.59. The molecule has 3 rings (SSSR count). The number of amides is 2. The molecule has 2 aliphatic rings. The molecule has 1 atom stereocenters. The molecule has 2 N–H and O–H groups in total. The van der Waals surface area contributed by atoms with Crippen molar-refractivity contribution in [3.8, 4) is 11.8 Å². The van der Waals surface area contributed by atoms with Crippen LogP contribution in [0.15, 0.2) is 18.2 Å². The average Bonchev–Trinajstić information content (AvgIpc) is 3.29. The van der Waals surface area contributed by atoms with Crippen molar-refractivity contribution in [2.75, 3.05) is 5.32 Å². The Morgan fingerprint density at radius 2 is 1.96 bits per heavy atom. The zero-order valence-corrected chi connectivity index (χ0v) is 14.1. The topological polar surface area (TPSA) is 41.1 Å². The first-order valence-corrected chi connectivity index (χ1v) is 8.10. The fourth-order valence-corrected chi connectivity index (χ4v) is 2.33. The lowest BCUT2D eigenvalue weighted by atomic mass is 9.86. The summed E-state index contributed by atoms with van der Waals surface area (Å²) in [6, 6.07) is 3.00. The van der Waals surface area contributed by atoms with E-state index in [4.69, 9.17) is 11.6 Å². The summed E-state index contributed by atoms with van der Waals surface area (Å²) in [4.78, 5) is 11.6. The summed E-state index contributed by atoms with van der Waals surface area (Å²) in [5.41, 5.74) is -2.85. The minimum absolute atomic E-state index is 0.0290. The van der Waals surface area contributed by atoms with E-state index < -0.39 is 17.7 Å². The molecule has 1 heterocycles. The SMILES string of the molecule is CCC.O=C1Nc2ccc(Cl)cc2[C@@](C#CC2CC2)(C(F)(F)F)N1. The number of urea groups is 1. The molecule has 0 bridgehead atoms. The fourth-order valence-electron chi connectivity index (χ4n) is 2.16. The first-order chi connectivity index (χ1) is 11.2. The van der Waals surface area contributed by atoms with Crippen LogP contribution in [0, 0.1) is 17.8 Å². The van der Waals surface area contributed by atoms with Crippen LogP contribution in [0.25, 0.3) is 0 Å². The Morgan fingerprint density at radius 3 is 2.50 bits per heavy atom. The number of carbonyl (C=O) groups is 1. The minimum atomic E-state index is -4.76. The van der Waals surface area contributed by atoms with Crippen LogP contribution in [0.4, 0.5) is 23.7 Å². The molecule has 2 amide bonds. The first-order valence-electron chi connectivity index (χ1n) is 7.72. The zero-order valence-electron chi connectivity index (χ0n) is 13.4. The normalized spacial score (nSPS) is 22.0. The summed E-state index contributed by atoms with van der Waals surface area (Å²) < 4.78 is 41.0. The van der Waals surface area contributed by atoms with E-state index in [0.717, 1.165) is 12.8 Å². The predicted octanol–water partition coefficient (Wildman–Crippen LogP) is 5.06. The van der Waals surface area contributed by atoms with E-state index in [1.54, 1.807) is 0 Å². The Kier molecular flexibility index (Phi) is 5.34. The van der Waals surface area contributed by atoms with Crippen molar-refractivity contribution in [2.45, 2.75) is 44.8 Å². The quantitative estimate of drug-likeness (QED) is 0.625. The summed E-state index contributed by atoms with van der Waals surface area (Å²) >= 11 is 5.81. The summed E-state index contributed by atoms with van der Waals surface area (Å²) in [6.45, 7) is 4.25. The van der Waals surface area contributed by atoms with Gasteiger partial charge in [-0.3, -0.25) is 0 Å². The Balaban J connectivity index is 0.000000647. The maximum atomic E-state index is 13.7. The number of nitrogens with one attached hydrogen (secondary N) is 2. The van der Waals surface area contributed by atoms with Gasteiger partial charge in [-0.1, -0.05) is 43.7 Å². The van der Waals surface area contributed by atoms with E-state index in [1.165, 1.54) is 24.6 Å². The number of fused-ring (bicyclic) bond motifs is 1. The van der Waals surface area contributed by atoms with E-state index in [2.05, 4.69) is 31.0 Å². The molecule has 1 aromatic rings. The molecule has 130 valence electrons. The van der Waals surface area contributed by atoms with Gasteiger partial charge in [0.05, 0.1) is 0 Å². The van der Waals surface area contributed by atoms with Crippen LogP contribution in [0.1, 0.15) is 38.7 Å². The maximum absolute atomic E-state index is 13.7. The van der Waals surface area contributed by atoms with Gasteiger partial charge in [0.15, 0.2) is 0 Å². The molecule has 0 aromatic heterocycles. The third-order valence-corrected chi connectivity index (χ3v) is 3.64. The third-order valence-electron chi connectivity index (χ3n) is 3.40. The van der Waals surface area contributed by atoms with Crippen molar-refractivity contribution in [1.82, 2.24) is 5.32 Å². The lowest BCUT2D eigenvalue weighted by Gasteiger charge is -2.37. The van der Waals surface area contributed by atoms with Crippen molar-refractivity contribution < 1.29 is 18.0 Å². The minimum Gasteiger partial charge on any atom is -0.310 e. The predicted molar refractivity (Wildman–Crippen MR) is 87.8 cm³/mol. The first kappa shape index (κ1) is 18.5. The van der Waals surface area contributed by atoms with Crippen LogP contribution in [-0.4, -0.2) is 12.2 Å². The van der Waals surface area contributed by atoms with Crippen molar-refractivity contribution >= 4 is 23.3 Å². The van der Waals surface area contributed by atoms with E-state index in [9.17, 15) is 18.0 Å². The third kappa shape index (κ3) is 3.78. The van der Waals surface area contributed by atoms with Gasteiger partial charge in [-0.2, -0.15) is 13.2 Å². The largest absolute Gasteiger partial charge is 0.427 e. The molecule has 3 nitrogen and oxygen atoms in total. The van der Waals surface area contributed by atoms with Crippen molar-refractivity contribution in [3.05, 3.63) is 28.8 Å². The summed E-state index contributed by atoms with van der Waals surface area (Å²) in [7, 11) is 0. The summed E-state index contributed by atoms with van der Waals surface area (Å²) in [5.74, 6) is 4.82. The molecule has 1 aromatic carbocycles. The van der Waals surface area contributed by atoms with Gasteiger partial charge in [-0.25, -0.2) is 4.79 Å². The summed E-state index contributed by atoms with van der Waals surface area (Å²) in [5, 5.41) is 4.42. The number of hydrogen-bond acceptors (Lipinski definition) is 1. The van der Waals surface area contributed by atoms with Crippen molar-refractivity contribution in [2.24, 2.45) is 5.92 Å².